The number of benzene rings is 1. The lowest BCUT2D eigenvalue weighted by molar-refractivity contribution is -0.116. The Morgan fingerprint density at radius 1 is 1.08 bits per heavy atom. The second-order valence-corrected chi connectivity index (χ2v) is 6.14. The standard InChI is InChI=1S/C18H28N4O2/c1-19-10-4-5-17(23)21-16-8-6-15(7-9-16)18(24)20-11-14-22-12-2-3-13-22/h6-9,19H,2-5,10-14H2,1H3,(H,20,24)(H,21,23). The molecule has 2 amide bonds. The van der Waals surface area contributed by atoms with Crippen molar-refractivity contribution < 1.29 is 9.59 Å². The van der Waals surface area contributed by atoms with Gasteiger partial charge in [-0.25, -0.2) is 0 Å². The summed E-state index contributed by atoms with van der Waals surface area (Å²) in [6, 6.07) is 7.03. The van der Waals surface area contributed by atoms with Gasteiger partial charge in [-0.2, -0.15) is 0 Å². The zero-order valence-electron chi connectivity index (χ0n) is 14.4. The van der Waals surface area contributed by atoms with Crippen LogP contribution in [0.4, 0.5) is 5.69 Å². The Labute approximate surface area is 144 Å². The number of hydrogen-bond acceptors (Lipinski definition) is 4. The first-order valence-electron chi connectivity index (χ1n) is 8.74. The van der Waals surface area contributed by atoms with Gasteiger partial charge in [-0.1, -0.05) is 0 Å². The van der Waals surface area contributed by atoms with Gasteiger partial charge in [0.15, 0.2) is 0 Å². The molecule has 0 unspecified atom stereocenters. The van der Waals surface area contributed by atoms with Crippen LogP contribution in [0.3, 0.4) is 0 Å². The maximum Gasteiger partial charge on any atom is 0.251 e. The van der Waals surface area contributed by atoms with Crippen LogP contribution in [0.2, 0.25) is 0 Å². The number of nitrogens with one attached hydrogen (secondary N) is 3. The first kappa shape index (κ1) is 18.4. The second-order valence-electron chi connectivity index (χ2n) is 6.14. The Morgan fingerprint density at radius 3 is 2.46 bits per heavy atom. The Morgan fingerprint density at radius 2 is 1.79 bits per heavy atom. The van der Waals surface area contributed by atoms with Crippen LogP contribution in [0.15, 0.2) is 24.3 Å². The van der Waals surface area contributed by atoms with Gasteiger partial charge in [-0.05, 0) is 70.2 Å². The Balaban J connectivity index is 1.71. The van der Waals surface area contributed by atoms with Crippen LogP contribution in [-0.4, -0.2) is 56.5 Å². The van der Waals surface area contributed by atoms with E-state index in [2.05, 4.69) is 20.9 Å². The van der Waals surface area contributed by atoms with Crippen molar-refractivity contribution >= 4 is 17.5 Å². The van der Waals surface area contributed by atoms with Crippen LogP contribution in [0.1, 0.15) is 36.0 Å². The van der Waals surface area contributed by atoms with Crippen LogP contribution < -0.4 is 16.0 Å². The zero-order valence-corrected chi connectivity index (χ0v) is 14.4. The molecule has 0 spiro atoms. The lowest BCUT2D eigenvalue weighted by Gasteiger charge is -2.14. The Hall–Kier alpha value is -1.92. The summed E-state index contributed by atoms with van der Waals surface area (Å²) in [5, 5.41) is 8.80. The SMILES string of the molecule is CNCCCC(=O)Nc1ccc(C(=O)NCCN2CCCC2)cc1. The van der Waals surface area contributed by atoms with Crippen molar-refractivity contribution in [2.24, 2.45) is 0 Å². The van der Waals surface area contributed by atoms with Crippen LogP contribution >= 0.6 is 0 Å². The van der Waals surface area contributed by atoms with Crippen LogP contribution in [0, 0.1) is 0 Å². The van der Waals surface area contributed by atoms with E-state index in [0.29, 0.717) is 18.5 Å². The molecule has 0 aliphatic carbocycles. The van der Waals surface area contributed by atoms with E-state index >= 15 is 0 Å². The van der Waals surface area contributed by atoms with Crippen LogP contribution in [0.25, 0.3) is 0 Å². The highest BCUT2D eigenvalue weighted by Crippen LogP contribution is 2.10. The van der Waals surface area contributed by atoms with Crippen molar-refractivity contribution in [1.82, 2.24) is 15.5 Å². The van der Waals surface area contributed by atoms with Crippen molar-refractivity contribution in [3.8, 4) is 0 Å². The molecule has 0 aromatic heterocycles. The van der Waals surface area contributed by atoms with Crippen LogP contribution in [-0.2, 0) is 4.79 Å². The number of likely N-dealkylation sites (tertiary alicyclic amines) is 1. The minimum atomic E-state index is -0.0684. The van der Waals surface area contributed by atoms with Gasteiger partial charge >= 0.3 is 0 Å². The molecule has 1 aromatic carbocycles. The van der Waals surface area contributed by atoms with Gasteiger partial charge in [0.05, 0.1) is 0 Å². The van der Waals surface area contributed by atoms with Gasteiger partial charge in [0, 0.05) is 30.8 Å². The number of amides is 2. The normalized spacial score (nSPS) is 14.5. The maximum absolute atomic E-state index is 12.1. The number of carbonyl (C=O) groups excluding carboxylic acids is 2. The number of anilines is 1. The van der Waals surface area contributed by atoms with E-state index in [9.17, 15) is 9.59 Å². The fourth-order valence-electron chi connectivity index (χ4n) is 2.79. The van der Waals surface area contributed by atoms with Crippen molar-refractivity contribution in [1.29, 1.82) is 0 Å². The Bertz CT molecular complexity index is 524. The summed E-state index contributed by atoms with van der Waals surface area (Å²) in [6.07, 6.45) is 3.81. The van der Waals surface area contributed by atoms with Crippen molar-refractivity contribution in [3.63, 3.8) is 0 Å². The summed E-state index contributed by atoms with van der Waals surface area (Å²) >= 11 is 0. The molecule has 1 aliphatic rings. The monoisotopic (exact) mass is 332 g/mol. The molecule has 1 fully saturated rings. The second kappa shape index (κ2) is 10.1. The molecule has 0 radical (unpaired) electrons. The molecule has 6 nitrogen and oxygen atoms in total. The molecule has 1 aliphatic heterocycles. The average molecular weight is 332 g/mol. The molecule has 2 rings (SSSR count). The highest BCUT2D eigenvalue weighted by molar-refractivity contribution is 5.95. The first-order chi connectivity index (χ1) is 11.7. The molecular weight excluding hydrogens is 304 g/mol. The zero-order chi connectivity index (χ0) is 17.2. The molecule has 1 heterocycles. The smallest absolute Gasteiger partial charge is 0.251 e. The molecule has 6 heteroatoms. The summed E-state index contributed by atoms with van der Waals surface area (Å²) in [7, 11) is 1.87. The fourth-order valence-corrected chi connectivity index (χ4v) is 2.79. The topological polar surface area (TPSA) is 73.5 Å². The molecule has 3 N–H and O–H groups in total. The molecule has 0 atom stereocenters. The summed E-state index contributed by atoms with van der Waals surface area (Å²) in [5.41, 5.74) is 1.34. The molecule has 1 aromatic rings. The molecule has 0 saturated carbocycles. The first-order valence-corrected chi connectivity index (χ1v) is 8.74. The minimum Gasteiger partial charge on any atom is -0.351 e. The number of nitrogens with zero attached hydrogens (tertiary/aromatic N) is 1. The molecule has 0 bridgehead atoms. The highest BCUT2D eigenvalue weighted by atomic mass is 16.2. The van der Waals surface area contributed by atoms with Crippen molar-refractivity contribution in [2.75, 3.05) is 45.1 Å². The average Bonchev–Trinajstić information content (AvgIpc) is 3.09. The summed E-state index contributed by atoms with van der Waals surface area (Å²) in [6.45, 7) is 4.68. The van der Waals surface area contributed by atoms with Crippen LogP contribution in [0.5, 0.6) is 0 Å². The third-order valence-corrected chi connectivity index (χ3v) is 4.17. The van der Waals surface area contributed by atoms with E-state index < -0.39 is 0 Å². The number of rotatable bonds is 9. The van der Waals surface area contributed by atoms with Gasteiger partial charge in [-0.3, -0.25) is 9.59 Å². The largest absolute Gasteiger partial charge is 0.351 e. The van der Waals surface area contributed by atoms with Gasteiger partial charge in [-0.15, -0.1) is 0 Å². The number of hydrogen-bond donors (Lipinski definition) is 3. The van der Waals surface area contributed by atoms with E-state index in [-0.39, 0.29) is 11.8 Å². The highest BCUT2D eigenvalue weighted by Gasteiger charge is 2.11. The third kappa shape index (κ3) is 6.29. The summed E-state index contributed by atoms with van der Waals surface area (Å²) in [4.78, 5) is 26.2. The molecule has 24 heavy (non-hydrogen) atoms. The van der Waals surface area contributed by atoms with Gasteiger partial charge in [0.2, 0.25) is 5.91 Å². The lowest BCUT2D eigenvalue weighted by atomic mass is 10.2. The van der Waals surface area contributed by atoms with Gasteiger partial charge in [0.1, 0.15) is 0 Å². The predicted octanol–water partition coefficient (Wildman–Crippen LogP) is 1.45. The van der Waals surface area contributed by atoms with E-state index in [0.717, 1.165) is 38.3 Å². The minimum absolute atomic E-state index is 0.00642. The lowest BCUT2D eigenvalue weighted by Crippen LogP contribution is -2.33. The fraction of sp³-hybridized carbons (Fsp3) is 0.556. The summed E-state index contributed by atoms with van der Waals surface area (Å²) in [5.74, 6) is -0.0749. The summed E-state index contributed by atoms with van der Waals surface area (Å²) < 4.78 is 0. The van der Waals surface area contributed by atoms with E-state index in [1.165, 1.54) is 12.8 Å². The quantitative estimate of drug-likeness (QED) is 0.599. The third-order valence-electron chi connectivity index (χ3n) is 4.17. The van der Waals surface area contributed by atoms with E-state index in [1.54, 1.807) is 24.3 Å². The Kier molecular flexibility index (Phi) is 7.71. The van der Waals surface area contributed by atoms with Crippen molar-refractivity contribution in [2.45, 2.75) is 25.7 Å². The molecular formula is C18H28N4O2. The number of carbonyl (C=O) groups is 2. The maximum atomic E-state index is 12.1. The van der Waals surface area contributed by atoms with Gasteiger partial charge in [0.25, 0.3) is 5.91 Å². The van der Waals surface area contributed by atoms with E-state index in [4.69, 9.17) is 0 Å². The van der Waals surface area contributed by atoms with E-state index in [1.807, 2.05) is 7.05 Å². The molecule has 132 valence electrons. The molecule has 1 saturated heterocycles. The van der Waals surface area contributed by atoms with Crippen molar-refractivity contribution in [3.05, 3.63) is 29.8 Å². The predicted molar refractivity (Wildman–Crippen MR) is 96.2 cm³/mol. The van der Waals surface area contributed by atoms with Gasteiger partial charge < -0.3 is 20.9 Å².